The van der Waals surface area contributed by atoms with Crippen LogP contribution in [0.25, 0.3) is 0 Å². The molecule has 1 saturated heterocycles. The molecular weight excluding hydrogens is 666 g/mol. The second-order valence-corrected chi connectivity index (χ2v) is 16.0. The first-order valence-electron chi connectivity index (χ1n) is 15.2. The third kappa shape index (κ3) is 8.87. The number of carbonyl (C=O) groups is 2. The van der Waals surface area contributed by atoms with E-state index in [1.165, 1.54) is 29.2 Å². The summed E-state index contributed by atoms with van der Waals surface area (Å²) in [5.74, 6) is -0.847. The van der Waals surface area contributed by atoms with Gasteiger partial charge in [-0.25, -0.2) is 13.2 Å². The number of rotatable bonds is 8. The van der Waals surface area contributed by atoms with Gasteiger partial charge in [-0.15, -0.1) is 0 Å². The Bertz CT molecular complexity index is 1560. The average Bonchev–Trinajstić information content (AvgIpc) is 3.51. The van der Waals surface area contributed by atoms with Gasteiger partial charge >= 0.3 is 12.3 Å². The lowest BCUT2D eigenvalue weighted by molar-refractivity contribution is -0.138. The molecule has 2 fully saturated rings. The Morgan fingerprint density at radius 2 is 1.72 bits per heavy atom. The predicted molar refractivity (Wildman–Crippen MR) is 171 cm³/mol. The molecule has 254 valence electrons. The topological polar surface area (TPSA) is 96.0 Å². The number of nitrogens with one attached hydrogen (secondary N) is 1. The fourth-order valence-electron chi connectivity index (χ4n) is 6.00. The molecule has 1 aliphatic carbocycles. The molecule has 14 heteroatoms. The minimum Gasteiger partial charge on any atom is -0.444 e. The van der Waals surface area contributed by atoms with Gasteiger partial charge in [0.1, 0.15) is 5.60 Å². The summed E-state index contributed by atoms with van der Waals surface area (Å²) in [7, 11) is -2.08. The first kappa shape index (κ1) is 36.3. The van der Waals surface area contributed by atoms with E-state index in [4.69, 9.17) is 27.9 Å². The molecule has 0 unspecified atom stereocenters. The van der Waals surface area contributed by atoms with Crippen LogP contribution in [0.1, 0.15) is 86.3 Å². The van der Waals surface area contributed by atoms with E-state index < -0.39 is 44.4 Å². The van der Waals surface area contributed by atoms with Crippen molar-refractivity contribution in [3.8, 4) is 0 Å². The highest BCUT2D eigenvalue weighted by atomic mass is 35.5. The molecule has 2 aromatic rings. The van der Waals surface area contributed by atoms with Crippen molar-refractivity contribution in [2.24, 2.45) is 0 Å². The Kier molecular flexibility index (Phi) is 11.3. The van der Waals surface area contributed by atoms with Crippen LogP contribution in [0.2, 0.25) is 10.0 Å². The zero-order chi connectivity index (χ0) is 34.0. The predicted octanol–water partition coefficient (Wildman–Crippen LogP) is 7.49. The number of amides is 2. The van der Waals surface area contributed by atoms with Gasteiger partial charge < -0.3 is 15.0 Å². The van der Waals surface area contributed by atoms with Crippen molar-refractivity contribution >= 4 is 45.0 Å². The van der Waals surface area contributed by atoms with E-state index in [9.17, 15) is 31.2 Å². The van der Waals surface area contributed by atoms with E-state index >= 15 is 0 Å². The van der Waals surface area contributed by atoms with Crippen LogP contribution in [0.15, 0.2) is 35.2 Å². The molecule has 0 bridgehead atoms. The van der Waals surface area contributed by atoms with E-state index in [1.807, 2.05) is 0 Å². The van der Waals surface area contributed by atoms with Gasteiger partial charge in [0.25, 0.3) is 5.91 Å². The number of ether oxygens (including phenoxy) is 1. The van der Waals surface area contributed by atoms with Crippen molar-refractivity contribution < 1.29 is 35.9 Å². The molecule has 2 aromatic carbocycles. The zero-order valence-corrected chi connectivity index (χ0v) is 28.7. The van der Waals surface area contributed by atoms with E-state index in [1.54, 1.807) is 32.7 Å². The van der Waals surface area contributed by atoms with Crippen molar-refractivity contribution in [2.75, 3.05) is 20.1 Å². The fourth-order valence-corrected chi connectivity index (χ4v) is 8.54. The van der Waals surface area contributed by atoms with Gasteiger partial charge in [-0.3, -0.25) is 9.69 Å². The molecule has 1 heterocycles. The van der Waals surface area contributed by atoms with Crippen LogP contribution < -0.4 is 5.32 Å². The first-order chi connectivity index (χ1) is 21.4. The van der Waals surface area contributed by atoms with Crippen LogP contribution in [0.3, 0.4) is 0 Å². The Labute approximate surface area is 278 Å². The first-order valence-corrected chi connectivity index (χ1v) is 17.6. The van der Waals surface area contributed by atoms with Gasteiger partial charge in [-0.1, -0.05) is 36.0 Å². The van der Waals surface area contributed by atoms with E-state index in [0.717, 1.165) is 18.9 Å². The van der Waals surface area contributed by atoms with Gasteiger partial charge in [0, 0.05) is 48.3 Å². The van der Waals surface area contributed by atoms with Crippen LogP contribution in [-0.2, 0) is 33.8 Å². The summed E-state index contributed by atoms with van der Waals surface area (Å²) < 4.78 is 75.1. The number of alkyl halides is 3. The largest absolute Gasteiger partial charge is 0.444 e. The van der Waals surface area contributed by atoms with Gasteiger partial charge in [-0.05, 0) is 94.5 Å². The molecule has 1 aliphatic heterocycles. The monoisotopic (exact) mass is 705 g/mol. The van der Waals surface area contributed by atoms with Crippen LogP contribution in [-0.4, -0.2) is 67.2 Å². The molecule has 1 saturated carbocycles. The standard InChI is InChI=1S/C32H40Cl2F3N3O5S/c1-31(2,3)45-30(42)39(4)23-8-7-13-40(18-23)19-25-26(32(35,36)37)15-20(16-27(25)34)29(41)38-17-21-14-22(33)11-12-28(21)46(43,44)24-9-5-6-10-24/h11-12,14-16,23-24H,5-10,13,17-19H2,1-4H3,(H,38,41)/t23-/m0/s1. The Hall–Kier alpha value is -2.54. The molecule has 2 aliphatic rings. The Morgan fingerprint density at radius 3 is 2.35 bits per heavy atom. The van der Waals surface area contributed by atoms with Gasteiger partial charge in [0.15, 0.2) is 9.84 Å². The highest BCUT2D eigenvalue weighted by Gasteiger charge is 2.37. The van der Waals surface area contributed by atoms with Crippen LogP contribution >= 0.6 is 23.2 Å². The number of hydrogen-bond donors (Lipinski definition) is 1. The molecule has 0 aromatic heterocycles. The SMILES string of the molecule is CN(C(=O)OC(C)(C)C)[C@H]1CCCN(Cc2c(Cl)cc(C(=O)NCc3cc(Cl)ccc3S(=O)(=O)C3CCCC3)cc2C(F)(F)F)C1. The molecule has 1 N–H and O–H groups in total. The fraction of sp³-hybridized carbons (Fsp3) is 0.562. The van der Waals surface area contributed by atoms with Gasteiger partial charge in [0.05, 0.1) is 15.7 Å². The van der Waals surface area contributed by atoms with Crippen molar-refractivity contribution in [1.29, 1.82) is 0 Å². The number of nitrogens with zero attached hydrogens (tertiary/aromatic N) is 2. The third-order valence-electron chi connectivity index (χ3n) is 8.36. The third-order valence-corrected chi connectivity index (χ3v) is 11.3. The molecule has 2 amide bonds. The lowest BCUT2D eigenvalue weighted by Crippen LogP contribution is -2.49. The van der Waals surface area contributed by atoms with Crippen molar-refractivity contribution in [3.63, 3.8) is 0 Å². The van der Waals surface area contributed by atoms with Crippen LogP contribution in [0.4, 0.5) is 18.0 Å². The highest BCUT2D eigenvalue weighted by molar-refractivity contribution is 7.92. The summed E-state index contributed by atoms with van der Waals surface area (Å²) in [5, 5.41) is 2.05. The van der Waals surface area contributed by atoms with E-state index in [2.05, 4.69) is 5.32 Å². The molecule has 8 nitrogen and oxygen atoms in total. The number of sulfone groups is 1. The summed E-state index contributed by atoms with van der Waals surface area (Å²) in [6.45, 7) is 5.69. The average molecular weight is 707 g/mol. The van der Waals surface area contributed by atoms with Gasteiger partial charge in [0.2, 0.25) is 0 Å². The number of piperidine rings is 1. The minimum absolute atomic E-state index is 0.0469. The molecule has 0 spiro atoms. The zero-order valence-electron chi connectivity index (χ0n) is 26.3. The second-order valence-electron chi connectivity index (χ2n) is 13.0. The maximum atomic E-state index is 14.4. The highest BCUT2D eigenvalue weighted by Crippen LogP contribution is 2.38. The lowest BCUT2D eigenvalue weighted by Gasteiger charge is -2.38. The summed E-state index contributed by atoms with van der Waals surface area (Å²) >= 11 is 12.6. The summed E-state index contributed by atoms with van der Waals surface area (Å²) in [5.41, 5.74) is -1.97. The minimum atomic E-state index is -4.81. The van der Waals surface area contributed by atoms with E-state index in [-0.39, 0.29) is 50.8 Å². The quantitative estimate of drug-likeness (QED) is 0.306. The summed E-state index contributed by atoms with van der Waals surface area (Å²) in [4.78, 5) is 29.1. The Balaban J connectivity index is 1.52. The number of carbonyl (C=O) groups excluding carboxylic acids is 2. The molecular formula is C32H40Cl2F3N3O5S. The van der Waals surface area contributed by atoms with Crippen LogP contribution in [0.5, 0.6) is 0 Å². The summed E-state index contributed by atoms with van der Waals surface area (Å²) in [6, 6.07) is 5.98. The molecule has 4 rings (SSSR count). The van der Waals surface area contributed by atoms with Crippen molar-refractivity contribution in [3.05, 3.63) is 62.6 Å². The second kappa shape index (κ2) is 14.3. The number of likely N-dealkylation sites (tertiary alicyclic amines) is 1. The van der Waals surface area contributed by atoms with Crippen LogP contribution in [0, 0.1) is 0 Å². The number of hydrogen-bond acceptors (Lipinski definition) is 6. The molecule has 1 atom stereocenters. The maximum Gasteiger partial charge on any atom is 0.416 e. The molecule has 46 heavy (non-hydrogen) atoms. The van der Waals surface area contributed by atoms with Crippen molar-refractivity contribution in [2.45, 2.75) is 100 Å². The number of likely N-dealkylation sites (N-methyl/N-ethyl adjacent to an activating group) is 1. The molecule has 0 radical (unpaired) electrons. The smallest absolute Gasteiger partial charge is 0.416 e. The van der Waals surface area contributed by atoms with Crippen molar-refractivity contribution in [1.82, 2.24) is 15.1 Å². The normalized spacial score (nSPS) is 18.4. The number of halogens is 5. The van der Waals surface area contributed by atoms with Gasteiger partial charge in [-0.2, -0.15) is 13.2 Å². The van der Waals surface area contributed by atoms with E-state index in [0.29, 0.717) is 38.8 Å². The lowest BCUT2D eigenvalue weighted by atomic mass is 9.99. The number of benzene rings is 2. The Morgan fingerprint density at radius 1 is 1.04 bits per heavy atom. The maximum absolute atomic E-state index is 14.4. The summed E-state index contributed by atoms with van der Waals surface area (Å²) in [6.07, 6.45) is -1.30.